The van der Waals surface area contributed by atoms with E-state index in [-0.39, 0.29) is 0 Å². The number of aromatic nitrogens is 2. The van der Waals surface area contributed by atoms with Crippen LogP contribution in [0.5, 0.6) is 11.6 Å². The summed E-state index contributed by atoms with van der Waals surface area (Å²) in [5, 5.41) is 0. The molecule has 1 aromatic heterocycles. The van der Waals surface area contributed by atoms with Crippen LogP contribution in [0.25, 0.3) is 0 Å². The maximum atomic E-state index is 5.82. The molecule has 0 atom stereocenters. The number of nitrogens with zero attached hydrogens (tertiary/aromatic N) is 2. The molecule has 0 saturated carbocycles. The zero-order valence-corrected chi connectivity index (χ0v) is 12.0. The molecule has 0 amide bonds. The first-order valence-corrected chi connectivity index (χ1v) is 6.57. The Morgan fingerprint density at radius 1 is 1.33 bits per heavy atom. The SMILES string of the molecule is CCc1c(NN)ncnc1Oc1ccccc1I. The van der Waals surface area contributed by atoms with Gasteiger partial charge >= 0.3 is 0 Å². The molecule has 1 heterocycles. The maximum absolute atomic E-state index is 5.82. The molecule has 0 aliphatic carbocycles. The van der Waals surface area contributed by atoms with E-state index in [4.69, 9.17) is 10.6 Å². The first-order valence-electron chi connectivity index (χ1n) is 5.49. The summed E-state index contributed by atoms with van der Waals surface area (Å²) in [6.07, 6.45) is 2.17. The van der Waals surface area contributed by atoms with E-state index in [1.54, 1.807) is 0 Å². The maximum Gasteiger partial charge on any atom is 0.227 e. The van der Waals surface area contributed by atoms with Gasteiger partial charge in [0.2, 0.25) is 5.88 Å². The molecule has 6 heteroatoms. The largest absolute Gasteiger partial charge is 0.437 e. The van der Waals surface area contributed by atoms with Gasteiger partial charge in [-0.1, -0.05) is 19.1 Å². The number of anilines is 1. The second-order valence-electron chi connectivity index (χ2n) is 3.54. The highest BCUT2D eigenvalue weighted by Crippen LogP contribution is 2.29. The van der Waals surface area contributed by atoms with Gasteiger partial charge in [0.25, 0.3) is 0 Å². The van der Waals surface area contributed by atoms with Crippen LogP contribution in [-0.4, -0.2) is 9.97 Å². The average molecular weight is 356 g/mol. The number of nitrogen functional groups attached to an aromatic ring is 1. The fourth-order valence-corrected chi connectivity index (χ4v) is 2.06. The number of nitrogens with two attached hydrogens (primary N) is 1. The van der Waals surface area contributed by atoms with Crippen molar-refractivity contribution in [2.45, 2.75) is 13.3 Å². The summed E-state index contributed by atoms with van der Waals surface area (Å²) in [6.45, 7) is 2.00. The lowest BCUT2D eigenvalue weighted by atomic mass is 10.2. The monoisotopic (exact) mass is 356 g/mol. The molecular formula is C12H13IN4O. The van der Waals surface area contributed by atoms with E-state index in [1.165, 1.54) is 6.33 Å². The Labute approximate surface area is 119 Å². The highest BCUT2D eigenvalue weighted by molar-refractivity contribution is 14.1. The molecule has 18 heavy (non-hydrogen) atoms. The molecule has 0 aliphatic heterocycles. The van der Waals surface area contributed by atoms with Gasteiger partial charge in [-0.25, -0.2) is 15.8 Å². The van der Waals surface area contributed by atoms with Gasteiger partial charge in [-0.3, -0.25) is 0 Å². The van der Waals surface area contributed by atoms with Gasteiger partial charge in [0.05, 0.1) is 9.13 Å². The van der Waals surface area contributed by atoms with E-state index < -0.39 is 0 Å². The van der Waals surface area contributed by atoms with E-state index in [0.29, 0.717) is 11.7 Å². The molecule has 0 aliphatic rings. The number of benzene rings is 1. The summed E-state index contributed by atoms with van der Waals surface area (Å²) < 4.78 is 6.85. The van der Waals surface area contributed by atoms with E-state index in [2.05, 4.69) is 38.0 Å². The summed E-state index contributed by atoms with van der Waals surface area (Å²) in [4.78, 5) is 8.23. The molecule has 0 bridgehead atoms. The Hall–Kier alpha value is -1.41. The number of hydrogen-bond acceptors (Lipinski definition) is 5. The van der Waals surface area contributed by atoms with E-state index >= 15 is 0 Å². The Kier molecular flexibility index (Phi) is 4.32. The predicted molar refractivity (Wildman–Crippen MR) is 78.5 cm³/mol. The van der Waals surface area contributed by atoms with Gasteiger partial charge < -0.3 is 10.2 Å². The average Bonchev–Trinajstić information content (AvgIpc) is 2.41. The molecule has 5 nitrogen and oxygen atoms in total. The van der Waals surface area contributed by atoms with Crippen molar-refractivity contribution < 1.29 is 4.74 Å². The molecule has 2 aromatic rings. The zero-order valence-electron chi connectivity index (χ0n) is 9.85. The third-order valence-corrected chi connectivity index (χ3v) is 3.33. The molecule has 0 spiro atoms. The summed E-state index contributed by atoms with van der Waals surface area (Å²) in [5.74, 6) is 7.32. The third-order valence-electron chi connectivity index (χ3n) is 2.44. The number of hydrogen-bond donors (Lipinski definition) is 2. The van der Waals surface area contributed by atoms with Gasteiger partial charge in [0.15, 0.2) is 0 Å². The lowest BCUT2D eigenvalue weighted by Crippen LogP contribution is -2.12. The van der Waals surface area contributed by atoms with Crippen LogP contribution in [0.4, 0.5) is 5.82 Å². The third kappa shape index (κ3) is 2.70. The summed E-state index contributed by atoms with van der Waals surface area (Å²) in [6, 6.07) is 7.76. The van der Waals surface area contributed by atoms with Crippen LogP contribution in [0.15, 0.2) is 30.6 Å². The van der Waals surface area contributed by atoms with Crippen molar-refractivity contribution in [1.29, 1.82) is 0 Å². The second kappa shape index (κ2) is 5.96. The summed E-state index contributed by atoms with van der Waals surface area (Å²) in [5.41, 5.74) is 3.42. The van der Waals surface area contributed by atoms with Crippen LogP contribution < -0.4 is 16.0 Å². The molecule has 0 fully saturated rings. The van der Waals surface area contributed by atoms with Crippen molar-refractivity contribution in [1.82, 2.24) is 9.97 Å². The Morgan fingerprint density at radius 3 is 2.78 bits per heavy atom. The van der Waals surface area contributed by atoms with Crippen LogP contribution >= 0.6 is 22.6 Å². The smallest absolute Gasteiger partial charge is 0.227 e. The molecular weight excluding hydrogens is 343 g/mol. The minimum atomic E-state index is 0.532. The number of hydrazine groups is 1. The van der Waals surface area contributed by atoms with Gasteiger partial charge in [0.1, 0.15) is 17.9 Å². The fraction of sp³-hybridized carbons (Fsp3) is 0.167. The van der Waals surface area contributed by atoms with Crippen LogP contribution in [0.3, 0.4) is 0 Å². The van der Waals surface area contributed by atoms with Crippen molar-refractivity contribution in [2.75, 3.05) is 5.43 Å². The predicted octanol–water partition coefficient (Wildman–Crippen LogP) is 2.72. The van der Waals surface area contributed by atoms with Crippen molar-refractivity contribution in [3.63, 3.8) is 0 Å². The van der Waals surface area contributed by atoms with Gasteiger partial charge in [0, 0.05) is 0 Å². The van der Waals surface area contributed by atoms with Crippen molar-refractivity contribution in [2.24, 2.45) is 5.84 Å². The van der Waals surface area contributed by atoms with Crippen molar-refractivity contribution in [3.05, 3.63) is 39.7 Å². The normalized spacial score (nSPS) is 10.2. The minimum Gasteiger partial charge on any atom is -0.437 e. The highest BCUT2D eigenvalue weighted by atomic mass is 127. The van der Waals surface area contributed by atoms with E-state index in [9.17, 15) is 0 Å². The Morgan fingerprint density at radius 2 is 2.11 bits per heavy atom. The zero-order chi connectivity index (χ0) is 13.0. The van der Waals surface area contributed by atoms with Crippen molar-refractivity contribution in [3.8, 4) is 11.6 Å². The number of halogens is 1. The molecule has 0 radical (unpaired) electrons. The van der Waals surface area contributed by atoms with E-state index in [1.807, 2.05) is 31.2 Å². The summed E-state index contributed by atoms with van der Waals surface area (Å²) in [7, 11) is 0. The first kappa shape index (κ1) is 13.0. The lowest BCUT2D eigenvalue weighted by Gasteiger charge is -2.12. The number of para-hydroxylation sites is 1. The van der Waals surface area contributed by atoms with Crippen molar-refractivity contribution >= 4 is 28.4 Å². The molecule has 0 unspecified atom stereocenters. The van der Waals surface area contributed by atoms with Gasteiger partial charge in [-0.05, 0) is 41.1 Å². The number of ether oxygens (including phenoxy) is 1. The van der Waals surface area contributed by atoms with Gasteiger partial charge in [-0.2, -0.15) is 0 Å². The summed E-state index contributed by atoms with van der Waals surface area (Å²) >= 11 is 2.22. The first-order chi connectivity index (χ1) is 8.76. The minimum absolute atomic E-state index is 0.532. The second-order valence-corrected chi connectivity index (χ2v) is 4.70. The molecule has 94 valence electrons. The molecule has 3 N–H and O–H groups in total. The van der Waals surface area contributed by atoms with Crippen LogP contribution in [0, 0.1) is 3.57 Å². The number of nitrogens with one attached hydrogen (secondary N) is 1. The topological polar surface area (TPSA) is 73.1 Å². The Bertz CT molecular complexity index is 547. The lowest BCUT2D eigenvalue weighted by molar-refractivity contribution is 0.452. The molecule has 2 rings (SSSR count). The van der Waals surface area contributed by atoms with Crippen LogP contribution in [0.2, 0.25) is 0 Å². The van der Waals surface area contributed by atoms with Crippen LogP contribution in [0.1, 0.15) is 12.5 Å². The highest BCUT2D eigenvalue weighted by Gasteiger charge is 2.12. The quantitative estimate of drug-likeness (QED) is 0.501. The fourth-order valence-electron chi connectivity index (χ4n) is 1.56. The molecule has 1 aromatic carbocycles. The van der Waals surface area contributed by atoms with Gasteiger partial charge in [-0.15, -0.1) is 0 Å². The standard InChI is InChI=1S/C12H13IN4O/c1-2-8-11(17-14)15-7-16-12(8)18-10-6-4-3-5-9(10)13/h3-7H,2,14H2,1H3,(H,15,16,17). The Balaban J connectivity index is 2.37. The van der Waals surface area contributed by atoms with Crippen LogP contribution in [-0.2, 0) is 6.42 Å². The van der Waals surface area contributed by atoms with E-state index in [0.717, 1.165) is 21.3 Å². The number of rotatable bonds is 4. The molecule has 0 saturated heterocycles.